The van der Waals surface area contributed by atoms with E-state index < -0.39 is 0 Å². The fourth-order valence-electron chi connectivity index (χ4n) is 1.80. The van der Waals surface area contributed by atoms with Crippen molar-refractivity contribution in [1.29, 1.82) is 0 Å². The summed E-state index contributed by atoms with van der Waals surface area (Å²) in [5.41, 5.74) is 0. The minimum atomic E-state index is 1.08. The van der Waals surface area contributed by atoms with E-state index in [0.29, 0.717) is 0 Å². The van der Waals surface area contributed by atoms with Gasteiger partial charge in [0.25, 0.3) is 0 Å². The van der Waals surface area contributed by atoms with Crippen LogP contribution in [-0.4, -0.2) is 50.1 Å². The van der Waals surface area contributed by atoms with E-state index in [-0.39, 0.29) is 0 Å². The van der Waals surface area contributed by atoms with Crippen molar-refractivity contribution in [2.24, 2.45) is 5.92 Å². The Morgan fingerprint density at radius 1 is 0.500 bits per heavy atom. The zero-order chi connectivity index (χ0) is 32.9. The molecule has 2 aliphatic rings. The van der Waals surface area contributed by atoms with E-state index in [1.54, 1.807) is 0 Å². The number of nitrogens with zero attached hydrogens (tertiary/aromatic N) is 2. The molecule has 40 heavy (non-hydrogen) atoms. The van der Waals surface area contributed by atoms with Gasteiger partial charge in [-0.05, 0) is 59.0 Å². The van der Waals surface area contributed by atoms with Crippen LogP contribution in [0.15, 0.2) is 0 Å². The van der Waals surface area contributed by atoms with Crippen LogP contribution in [0.1, 0.15) is 207 Å². The Labute approximate surface area is 262 Å². The molecule has 2 heteroatoms. The van der Waals surface area contributed by atoms with Gasteiger partial charge in [-0.3, -0.25) is 0 Å². The topological polar surface area (TPSA) is 6.48 Å². The van der Waals surface area contributed by atoms with E-state index in [1.165, 1.54) is 122 Å². The van der Waals surface area contributed by atoms with E-state index in [0.717, 1.165) is 12.5 Å². The summed E-state index contributed by atoms with van der Waals surface area (Å²) < 4.78 is 0. The summed E-state index contributed by atoms with van der Waals surface area (Å²) in [6.45, 7) is 37.7. The molecule has 254 valence electrons. The van der Waals surface area contributed by atoms with Crippen LogP contribution in [0.2, 0.25) is 0 Å². The van der Waals surface area contributed by atoms with Crippen LogP contribution >= 0.6 is 0 Å². The zero-order valence-corrected chi connectivity index (χ0v) is 32.6. The molecule has 0 amide bonds. The lowest BCUT2D eigenvalue weighted by Crippen LogP contribution is -2.29. The van der Waals surface area contributed by atoms with Gasteiger partial charge in [0.2, 0.25) is 0 Å². The third kappa shape index (κ3) is 130. The van der Waals surface area contributed by atoms with Crippen molar-refractivity contribution >= 4 is 0 Å². The first-order valence-corrected chi connectivity index (χ1v) is 18.5. The molecule has 0 unspecified atom stereocenters. The van der Waals surface area contributed by atoms with Gasteiger partial charge in [-0.25, -0.2) is 0 Å². The molecule has 0 spiro atoms. The first-order chi connectivity index (χ1) is 19.1. The molecule has 0 aromatic rings. The Morgan fingerprint density at radius 3 is 0.825 bits per heavy atom. The van der Waals surface area contributed by atoms with Crippen molar-refractivity contribution in [3.63, 3.8) is 0 Å². The van der Waals surface area contributed by atoms with E-state index in [1.807, 2.05) is 0 Å². The molecule has 1 saturated carbocycles. The quantitative estimate of drug-likeness (QED) is 0.297. The Kier molecular flexibility index (Phi) is 93.3. The summed E-state index contributed by atoms with van der Waals surface area (Å²) in [6, 6.07) is 0. The van der Waals surface area contributed by atoms with Gasteiger partial charge in [0.1, 0.15) is 0 Å². The van der Waals surface area contributed by atoms with Gasteiger partial charge in [0, 0.05) is 0 Å². The highest BCUT2D eigenvalue weighted by Crippen LogP contribution is 2.26. The second-order valence-electron chi connectivity index (χ2n) is 11.3. The monoisotopic (exact) mass is 577 g/mol. The van der Waals surface area contributed by atoms with Gasteiger partial charge in [0.15, 0.2) is 0 Å². The Bertz CT molecular complexity index is 262. The molecule has 0 bridgehead atoms. The maximum absolute atomic E-state index is 2.52. The minimum absolute atomic E-state index is 1.08. The van der Waals surface area contributed by atoms with Gasteiger partial charge in [-0.15, -0.1) is 0 Å². The van der Waals surface area contributed by atoms with Crippen molar-refractivity contribution in [2.75, 3.05) is 40.3 Å². The molecule has 0 aromatic carbocycles. The summed E-state index contributed by atoms with van der Waals surface area (Å²) >= 11 is 0. The van der Waals surface area contributed by atoms with Crippen LogP contribution in [0, 0.1) is 5.92 Å². The molecule has 0 N–H and O–H groups in total. The number of likely N-dealkylation sites (tertiary alicyclic amines) is 1. The fraction of sp³-hybridized carbons (Fsp3) is 1.00. The number of rotatable bonds is 7. The number of piperidine rings is 1. The molecule has 1 heterocycles. The molecule has 1 aliphatic heterocycles. The Morgan fingerprint density at radius 2 is 0.750 bits per heavy atom. The van der Waals surface area contributed by atoms with Gasteiger partial charge in [-0.2, -0.15) is 0 Å². The van der Waals surface area contributed by atoms with E-state index >= 15 is 0 Å². The summed E-state index contributed by atoms with van der Waals surface area (Å²) in [7, 11) is 4.11. The van der Waals surface area contributed by atoms with E-state index in [2.05, 4.69) is 128 Å². The van der Waals surface area contributed by atoms with Crippen LogP contribution in [-0.2, 0) is 0 Å². The van der Waals surface area contributed by atoms with E-state index in [4.69, 9.17) is 0 Å². The molecule has 2 rings (SSSR count). The highest BCUT2D eigenvalue weighted by Gasteiger charge is 2.12. The van der Waals surface area contributed by atoms with Gasteiger partial charge in [0.05, 0.1) is 0 Å². The smallest absolute Gasteiger partial charge is 0.00188 e. The number of hydrogen-bond donors (Lipinski definition) is 0. The zero-order valence-electron chi connectivity index (χ0n) is 32.6. The predicted octanol–water partition coefficient (Wildman–Crippen LogP) is 13.9. The van der Waals surface area contributed by atoms with Crippen molar-refractivity contribution in [3.05, 3.63) is 0 Å². The van der Waals surface area contributed by atoms with Crippen LogP contribution in [0.4, 0.5) is 0 Å². The summed E-state index contributed by atoms with van der Waals surface area (Å²) in [6.07, 6.45) is 21.8. The lowest BCUT2D eigenvalue weighted by atomic mass is 10.1. The standard InChI is InChI=1S/C7H15N.C5H12.C4H11N.C4H8.3C4H10.2C3H8/c1-2-8-6-4-3-5-7-8;1-3-5-4-2;1-4-5(2)3;1-4-2-3-4;3*1-3-4-2;2*1-3-2/h2-7H2,1H3;3-5H2,1-2H3;4H2,1-3H3;4H,2-3H2,1H3;3*3-4H2,1-2H3;2*3H2,1-2H3. The molecule has 0 atom stereocenters. The SMILES string of the molecule is CC1CC1.CCC.CCC.CCCC.CCCC.CCCC.CCCCC.CCN(C)C.CCN1CCCCC1. The second kappa shape index (κ2) is 66.9. The van der Waals surface area contributed by atoms with Crippen LogP contribution < -0.4 is 0 Å². The number of hydrogen-bond acceptors (Lipinski definition) is 2. The van der Waals surface area contributed by atoms with Gasteiger partial charge >= 0.3 is 0 Å². The van der Waals surface area contributed by atoms with Crippen LogP contribution in [0.3, 0.4) is 0 Å². The maximum atomic E-state index is 2.52. The lowest BCUT2D eigenvalue weighted by molar-refractivity contribution is 0.240. The molecule has 2 fully saturated rings. The summed E-state index contributed by atoms with van der Waals surface area (Å²) in [5.74, 6) is 1.08. The number of unbranched alkanes of at least 4 members (excludes halogenated alkanes) is 5. The van der Waals surface area contributed by atoms with Crippen molar-refractivity contribution < 1.29 is 0 Å². The predicted molar refractivity (Wildman–Crippen MR) is 197 cm³/mol. The summed E-state index contributed by atoms with van der Waals surface area (Å²) in [5, 5.41) is 0. The normalized spacial score (nSPS) is 12.8. The third-order valence-electron chi connectivity index (χ3n) is 5.60. The second-order valence-corrected chi connectivity index (χ2v) is 11.3. The van der Waals surface area contributed by atoms with Crippen LogP contribution in [0.25, 0.3) is 0 Å². The first-order valence-electron chi connectivity index (χ1n) is 18.5. The lowest BCUT2D eigenvalue weighted by Gasteiger charge is -2.24. The Balaban J connectivity index is -0.0000000626. The minimum Gasteiger partial charge on any atom is -0.310 e. The van der Waals surface area contributed by atoms with Gasteiger partial charge in [-0.1, -0.05) is 194 Å². The van der Waals surface area contributed by atoms with Gasteiger partial charge < -0.3 is 9.80 Å². The highest BCUT2D eigenvalue weighted by molar-refractivity contribution is 4.65. The molecular weight excluding hydrogens is 484 g/mol. The van der Waals surface area contributed by atoms with Crippen molar-refractivity contribution in [3.8, 4) is 0 Å². The average Bonchev–Trinajstić information content (AvgIpc) is 3.78. The summed E-state index contributed by atoms with van der Waals surface area (Å²) in [4.78, 5) is 4.64. The van der Waals surface area contributed by atoms with Crippen LogP contribution in [0.5, 0.6) is 0 Å². The highest BCUT2D eigenvalue weighted by atomic mass is 15.1. The molecule has 0 aromatic heterocycles. The maximum Gasteiger partial charge on any atom is -0.00188 e. The molecule has 0 radical (unpaired) electrons. The third-order valence-corrected chi connectivity index (χ3v) is 5.60. The van der Waals surface area contributed by atoms with Crippen molar-refractivity contribution in [1.82, 2.24) is 9.80 Å². The first kappa shape index (κ1) is 55.8. The molecule has 1 saturated heterocycles. The van der Waals surface area contributed by atoms with E-state index in [9.17, 15) is 0 Å². The largest absolute Gasteiger partial charge is 0.310 e. The fourth-order valence-corrected chi connectivity index (χ4v) is 1.80. The molecular formula is C38H92N2. The molecule has 2 nitrogen and oxygen atoms in total. The Hall–Kier alpha value is -0.0800. The molecule has 1 aliphatic carbocycles. The average molecular weight is 577 g/mol. The van der Waals surface area contributed by atoms with Crippen molar-refractivity contribution in [2.45, 2.75) is 207 Å².